The molecule has 1 aliphatic rings. The number of benzene rings is 1. The molecule has 23 heavy (non-hydrogen) atoms. The maximum atomic E-state index is 10.2. The fourth-order valence-electron chi connectivity index (χ4n) is 3.10. The zero-order valence-electron chi connectivity index (χ0n) is 14.6. The molecule has 1 fully saturated rings. The van der Waals surface area contributed by atoms with E-state index in [9.17, 15) is 5.11 Å². The number of rotatable bonds is 8. The maximum absolute atomic E-state index is 10.2. The lowest BCUT2D eigenvalue weighted by atomic mass is 10.0. The van der Waals surface area contributed by atoms with Crippen molar-refractivity contribution in [1.82, 2.24) is 9.80 Å². The summed E-state index contributed by atoms with van der Waals surface area (Å²) in [5.74, 6) is 0.826. The molecule has 0 bridgehead atoms. The largest absolute Gasteiger partial charge is 0.496 e. The van der Waals surface area contributed by atoms with Crippen molar-refractivity contribution in [2.75, 3.05) is 47.4 Å². The first-order chi connectivity index (χ1) is 11.1. The maximum Gasteiger partial charge on any atom is 0.124 e. The van der Waals surface area contributed by atoms with Gasteiger partial charge in [-0.3, -0.25) is 4.90 Å². The number of likely N-dealkylation sites (tertiary alicyclic amines) is 1. The van der Waals surface area contributed by atoms with Crippen LogP contribution in [0.5, 0.6) is 5.75 Å². The highest BCUT2D eigenvalue weighted by Crippen LogP contribution is 2.18. The number of β-amino-alcohol motifs (C(OH)–C–C–N with tert-alkyl or cyclic N) is 1. The van der Waals surface area contributed by atoms with Crippen molar-refractivity contribution in [3.05, 3.63) is 29.8 Å². The summed E-state index contributed by atoms with van der Waals surface area (Å²) in [6, 6.07) is 8.40. The molecule has 5 nitrogen and oxygen atoms in total. The van der Waals surface area contributed by atoms with Crippen LogP contribution in [0.15, 0.2) is 24.3 Å². The van der Waals surface area contributed by atoms with E-state index in [-0.39, 0.29) is 0 Å². The van der Waals surface area contributed by atoms with Crippen molar-refractivity contribution in [3.63, 3.8) is 0 Å². The van der Waals surface area contributed by atoms with E-state index in [0.717, 1.165) is 24.4 Å². The molecule has 0 radical (unpaired) electrons. The second-order valence-electron chi connectivity index (χ2n) is 6.50. The zero-order chi connectivity index (χ0) is 16.7. The lowest BCUT2D eigenvalue weighted by molar-refractivity contribution is 0.000632. The van der Waals surface area contributed by atoms with Gasteiger partial charge in [0.05, 0.1) is 26.4 Å². The molecule has 1 aromatic carbocycles. The summed E-state index contributed by atoms with van der Waals surface area (Å²) in [5.41, 5.74) is 1.01. The number of likely N-dealkylation sites (N-methyl/N-ethyl adjacent to an activating group) is 1. The average Bonchev–Trinajstić information content (AvgIpc) is 2.55. The van der Waals surface area contributed by atoms with Crippen LogP contribution in [0.3, 0.4) is 0 Å². The molecule has 5 heteroatoms. The lowest BCUT2D eigenvalue weighted by Crippen LogP contribution is -2.47. The van der Waals surface area contributed by atoms with E-state index in [2.05, 4.69) is 23.9 Å². The van der Waals surface area contributed by atoms with Gasteiger partial charge in [0.25, 0.3) is 0 Å². The number of para-hydroxylation sites is 1. The van der Waals surface area contributed by atoms with E-state index < -0.39 is 6.10 Å². The van der Waals surface area contributed by atoms with Gasteiger partial charge in [-0.05, 0) is 39.5 Å². The summed E-state index contributed by atoms with van der Waals surface area (Å²) >= 11 is 0. The smallest absolute Gasteiger partial charge is 0.124 e. The van der Waals surface area contributed by atoms with Crippen molar-refractivity contribution in [2.45, 2.75) is 31.6 Å². The Morgan fingerprint density at radius 3 is 2.87 bits per heavy atom. The van der Waals surface area contributed by atoms with Crippen molar-refractivity contribution in [1.29, 1.82) is 0 Å². The molecule has 0 spiro atoms. The van der Waals surface area contributed by atoms with E-state index >= 15 is 0 Å². The number of aliphatic hydroxyl groups is 1. The van der Waals surface area contributed by atoms with E-state index in [1.54, 1.807) is 7.11 Å². The van der Waals surface area contributed by atoms with Crippen molar-refractivity contribution < 1.29 is 14.6 Å². The van der Waals surface area contributed by atoms with Crippen LogP contribution in [0.4, 0.5) is 0 Å². The van der Waals surface area contributed by atoms with Gasteiger partial charge in [-0.1, -0.05) is 18.2 Å². The van der Waals surface area contributed by atoms with Gasteiger partial charge < -0.3 is 19.5 Å². The van der Waals surface area contributed by atoms with E-state index in [1.165, 1.54) is 12.8 Å². The molecule has 1 heterocycles. The van der Waals surface area contributed by atoms with Crippen LogP contribution >= 0.6 is 0 Å². The number of piperidine rings is 1. The zero-order valence-corrected chi connectivity index (χ0v) is 14.6. The summed E-state index contributed by atoms with van der Waals surface area (Å²) in [4.78, 5) is 4.61. The molecule has 1 aliphatic heterocycles. The molecule has 2 unspecified atom stereocenters. The monoisotopic (exact) mass is 322 g/mol. The standard InChI is InChI=1S/C18H30N2O3/c1-19(2)16-8-6-10-20(11-16)12-17(21)14-23-13-15-7-4-5-9-18(15)22-3/h4-5,7,9,16-17,21H,6,8,10-14H2,1-3H3. The van der Waals surface area contributed by atoms with Crippen LogP contribution in [0.1, 0.15) is 18.4 Å². The molecular weight excluding hydrogens is 292 g/mol. The molecule has 2 atom stereocenters. The van der Waals surface area contributed by atoms with E-state index in [0.29, 0.717) is 25.8 Å². The van der Waals surface area contributed by atoms with E-state index in [4.69, 9.17) is 9.47 Å². The Morgan fingerprint density at radius 2 is 2.13 bits per heavy atom. The van der Waals surface area contributed by atoms with Crippen LogP contribution in [0.25, 0.3) is 0 Å². The van der Waals surface area contributed by atoms with Crippen LogP contribution in [0, 0.1) is 0 Å². The molecule has 0 aliphatic carbocycles. The summed E-state index contributed by atoms with van der Waals surface area (Å²) in [5, 5.41) is 10.2. The topological polar surface area (TPSA) is 45.2 Å². The number of nitrogens with zero attached hydrogens (tertiary/aromatic N) is 2. The molecule has 2 rings (SSSR count). The number of methoxy groups -OCH3 is 1. The first kappa shape index (κ1) is 18.2. The van der Waals surface area contributed by atoms with Crippen molar-refractivity contribution >= 4 is 0 Å². The van der Waals surface area contributed by atoms with Crippen LogP contribution < -0.4 is 4.74 Å². The van der Waals surface area contributed by atoms with Crippen LogP contribution in [0.2, 0.25) is 0 Å². The van der Waals surface area contributed by atoms with Crippen molar-refractivity contribution in [2.24, 2.45) is 0 Å². The Kier molecular flexibility index (Phi) is 7.30. The predicted octanol–water partition coefficient (Wildman–Crippen LogP) is 1.60. The average molecular weight is 322 g/mol. The van der Waals surface area contributed by atoms with Gasteiger partial charge in [-0.25, -0.2) is 0 Å². The second-order valence-corrected chi connectivity index (χ2v) is 6.50. The minimum atomic E-state index is -0.453. The third kappa shape index (κ3) is 5.77. The Morgan fingerprint density at radius 1 is 1.35 bits per heavy atom. The third-order valence-corrected chi connectivity index (χ3v) is 4.44. The Bertz CT molecular complexity index is 467. The van der Waals surface area contributed by atoms with Gasteiger partial charge in [0.15, 0.2) is 0 Å². The highest BCUT2D eigenvalue weighted by Gasteiger charge is 2.22. The first-order valence-corrected chi connectivity index (χ1v) is 8.36. The number of ether oxygens (including phenoxy) is 2. The molecule has 0 aromatic heterocycles. The SMILES string of the molecule is COc1ccccc1COCC(O)CN1CCCC(N(C)C)C1. The molecule has 1 aromatic rings. The number of hydrogen-bond donors (Lipinski definition) is 1. The van der Waals surface area contributed by atoms with Gasteiger partial charge >= 0.3 is 0 Å². The van der Waals surface area contributed by atoms with Gasteiger partial charge in [0.1, 0.15) is 5.75 Å². The van der Waals surface area contributed by atoms with Gasteiger partial charge in [0.2, 0.25) is 0 Å². The fraction of sp³-hybridized carbons (Fsp3) is 0.667. The quantitative estimate of drug-likeness (QED) is 0.788. The molecular formula is C18H30N2O3. The Labute approximate surface area is 139 Å². The molecule has 130 valence electrons. The van der Waals surface area contributed by atoms with Gasteiger partial charge in [0, 0.05) is 24.7 Å². The normalized spacial score (nSPS) is 20.7. The molecule has 0 saturated carbocycles. The molecule has 1 saturated heterocycles. The van der Waals surface area contributed by atoms with Crippen LogP contribution in [-0.2, 0) is 11.3 Å². The fourth-order valence-corrected chi connectivity index (χ4v) is 3.10. The summed E-state index contributed by atoms with van der Waals surface area (Å²) in [7, 11) is 5.91. The number of aliphatic hydroxyl groups excluding tert-OH is 1. The van der Waals surface area contributed by atoms with Crippen LogP contribution in [-0.4, -0.2) is 74.5 Å². The van der Waals surface area contributed by atoms with E-state index in [1.807, 2.05) is 24.3 Å². The predicted molar refractivity (Wildman–Crippen MR) is 91.8 cm³/mol. The van der Waals surface area contributed by atoms with Gasteiger partial charge in [-0.2, -0.15) is 0 Å². The summed E-state index contributed by atoms with van der Waals surface area (Å²) in [6.07, 6.45) is 1.98. The van der Waals surface area contributed by atoms with Crippen molar-refractivity contribution in [3.8, 4) is 5.75 Å². The minimum absolute atomic E-state index is 0.348. The summed E-state index contributed by atoms with van der Waals surface area (Å²) in [6.45, 7) is 3.57. The first-order valence-electron chi connectivity index (χ1n) is 8.36. The Balaban J connectivity index is 1.71. The lowest BCUT2D eigenvalue weighted by Gasteiger charge is -2.36. The van der Waals surface area contributed by atoms with Gasteiger partial charge in [-0.15, -0.1) is 0 Å². The Hall–Kier alpha value is -1.14. The minimum Gasteiger partial charge on any atom is -0.496 e. The molecule has 1 N–H and O–H groups in total. The summed E-state index contributed by atoms with van der Waals surface area (Å²) < 4.78 is 11.0. The second kappa shape index (κ2) is 9.23. The highest BCUT2D eigenvalue weighted by molar-refractivity contribution is 5.32. The number of hydrogen-bond acceptors (Lipinski definition) is 5. The highest BCUT2D eigenvalue weighted by atomic mass is 16.5. The molecule has 0 amide bonds. The third-order valence-electron chi connectivity index (χ3n) is 4.44.